The van der Waals surface area contributed by atoms with Gasteiger partial charge >= 0.3 is 7.82 Å². The number of phosphoric ester groups is 1. The van der Waals surface area contributed by atoms with Gasteiger partial charge in [-0.1, -0.05) is 0 Å². The first-order valence-electron chi connectivity index (χ1n) is 3.49. The largest absolute Gasteiger partial charge is 0.469 e. The van der Waals surface area contributed by atoms with Crippen molar-refractivity contribution < 1.29 is 28.7 Å². The Labute approximate surface area is 69.4 Å². The van der Waals surface area contributed by atoms with Crippen molar-refractivity contribution in [2.24, 2.45) is 0 Å². The van der Waals surface area contributed by atoms with Crippen LogP contribution >= 0.6 is 7.82 Å². The average molecular weight is 198 g/mol. The van der Waals surface area contributed by atoms with Gasteiger partial charge in [0.1, 0.15) is 12.2 Å². The van der Waals surface area contributed by atoms with E-state index in [1.54, 1.807) is 0 Å². The number of rotatable bonds is 3. The smallest absolute Gasteiger partial charge is 0.394 e. The lowest BCUT2D eigenvalue weighted by atomic mass is 10.2. The summed E-state index contributed by atoms with van der Waals surface area (Å²) in [5, 5.41) is 8.68. The van der Waals surface area contributed by atoms with E-state index in [1.165, 1.54) is 0 Å². The maximum Gasteiger partial charge on any atom is 0.469 e. The Morgan fingerprint density at radius 3 is 2.75 bits per heavy atom. The molecule has 0 amide bonds. The van der Waals surface area contributed by atoms with Crippen molar-refractivity contribution in [3.63, 3.8) is 0 Å². The summed E-state index contributed by atoms with van der Waals surface area (Å²) in [5.41, 5.74) is 0. The van der Waals surface area contributed by atoms with Gasteiger partial charge in [-0.05, 0) is 0 Å². The first-order valence-corrected chi connectivity index (χ1v) is 5.02. The van der Waals surface area contributed by atoms with Gasteiger partial charge in [0.15, 0.2) is 0 Å². The van der Waals surface area contributed by atoms with Crippen molar-refractivity contribution >= 4 is 7.82 Å². The first kappa shape index (κ1) is 10.1. The predicted molar refractivity (Wildman–Crippen MR) is 38.4 cm³/mol. The van der Waals surface area contributed by atoms with Crippen molar-refractivity contribution in [2.75, 3.05) is 13.2 Å². The monoisotopic (exact) mass is 198 g/mol. The molecule has 2 atom stereocenters. The van der Waals surface area contributed by atoms with Gasteiger partial charge in [0.05, 0.1) is 6.61 Å². The SMILES string of the molecule is O=P(O)(O)O[C@@H]1CCOC1CO. The second-order valence-corrected chi connectivity index (χ2v) is 3.71. The molecule has 1 aliphatic rings. The van der Waals surface area contributed by atoms with E-state index in [4.69, 9.17) is 19.6 Å². The molecule has 0 aromatic carbocycles. The number of hydrogen-bond donors (Lipinski definition) is 3. The summed E-state index contributed by atoms with van der Waals surface area (Å²) in [7, 11) is -4.46. The molecule has 1 rings (SSSR count). The molecule has 6 nitrogen and oxygen atoms in total. The molecule has 0 aromatic heterocycles. The third kappa shape index (κ3) is 2.82. The van der Waals surface area contributed by atoms with E-state index in [0.717, 1.165) is 0 Å². The quantitative estimate of drug-likeness (QED) is 0.516. The van der Waals surface area contributed by atoms with Crippen LogP contribution < -0.4 is 0 Å². The van der Waals surface area contributed by atoms with Crippen LogP contribution in [0.4, 0.5) is 0 Å². The Kier molecular flexibility index (Phi) is 3.22. The van der Waals surface area contributed by atoms with E-state index >= 15 is 0 Å². The lowest BCUT2D eigenvalue weighted by molar-refractivity contribution is 0.00347. The molecule has 0 radical (unpaired) electrons. The molecule has 12 heavy (non-hydrogen) atoms. The normalized spacial score (nSPS) is 30.9. The van der Waals surface area contributed by atoms with Gasteiger partial charge in [0.25, 0.3) is 0 Å². The Balaban J connectivity index is 2.46. The summed E-state index contributed by atoms with van der Waals surface area (Å²) < 4.78 is 19.7. The standard InChI is InChI=1S/C5H11O6P/c6-3-5-4(1-2-10-5)11-12(7,8)9/h4-6H,1-3H2,(H2,7,8,9)/t4-,5?/m1/s1. The Morgan fingerprint density at radius 2 is 2.25 bits per heavy atom. The molecule has 0 spiro atoms. The molecule has 1 fully saturated rings. The second-order valence-electron chi connectivity index (χ2n) is 2.51. The molecular formula is C5H11O6P. The second kappa shape index (κ2) is 3.83. The summed E-state index contributed by atoms with van der Waals surface area (Å²) in [5.74, 6) is 0. The van der Waals surface area contributed by atoms with Crippen LogP contribution in [0.25, 0.3) is 0 Å². The van der Waals surface area contributed by atoms with Crippen molar-refractivity contribution in [3.8, 4) is 0 Å². The minimum Gasteiger partial charge on any atom is -0.394 e. The predicted octanol–water partition coefficient (Wildman–Crippen LogP) is -0.755. The van der Waals surface area contributed by atoms with Crippen molar-refractivity contribution in [1.29, 1.82) is 0 Å². The fourth-order valence-electron chi connectivity index (χ4n) is 1.10. The molecule has 0 aromatic rings. The maximum absolute atomic E-state index is 10.4. The minimum absolute atomic E-state index is 0.287. The van der Waals surface area contributed by atoms with Crippen LogP contribution in [0, 0.1) is 0 Å². The van der Waals surface area contributed by atoms with Crippen LogP contribution in [0.5, 0.6) is 0 Å². The highest BCUT2D eigenvalue weighted by atomic mass is 31.2. The molecule has 1 aliphatic heterocycles. The molecule has 0 bridgehead atoms. The van der Waals surface area contributed by atoms with E-state index in [9.17, 15) is 4.57 Å². The van der Waals surface area contributed by atoms with Gasteiger partial charge in [-0.3, -0.25) is 4.52 Å². The average Bonchev–Trinajstić information content (AvgIpc) is 2.31. The highest BCUT2D eigenvalue weighted by molar-refractivity contribution is 7.46. The molecule has 1 unspecified atom stereocenters. The Hall–Kier alpha value is 0.0300. The highest BCUT2D eigenvalue weighted by Gasteiger charge is 2.33. The van der Waals surface area contributed by atoms with Gasteiger partial charge in [0, 0.05) is 13.0 Å². The van der Waals surface area contributed by atoms with E-state index in [0.29, 0.717) is 13.0 Å². The van der Waals surface area contributed by atoms with Crippen molar-refractivity contribution in [1.82, 2.24) is 0 Å². The van der Waals surface area contributed by atoms with E-state index in [1.807, 2.05) is 0 Å². The minimum atomic E-state index is -4.46. The summed E-state index contributed by atoms with van der Waals surface area (Å²) in [6, 6.07) is 0. The van der Waals surface area contributed by atoms with Crippen molar-refractivity contribution in [2.45, 2.75) is 18.6 Å². The van der Waals surface area contributed by atoms with Gasteiger partial charge in [-0.25, -0.2) is 4.57 Å². The van der Waals surface area contributed by atoms with Crippen LogP contribution in [0.1, 0.15) is 6.42 Å². The maximum atomic E-state index is 10.4. The van der Waals surface area contributed by atoms with Gasteiger partial charge < -0.3 is 19.6 Å². The molecule has 1 saturated heterocycles. The molecule has 3 N–H and O–H groups in total. The van der Waals surface area contributed by atoms with Crippen LogP contribution in [-0.2, 0) is 13.8 Å². The molecule has 0 aliphatic carbocycles. The third-order valence-electron chi connectivity index (χ3n) is 1.60. The molecule has 1 heterocycles. The summed E-state index contributed by atoms with van der Waals surface area (Å²) in [6.45, 7) is 0.0700. The number of aliphatic hydroxyl groups excluding tert-OH is 1. The zero-order chi connectivity index (χ0) is 9.19. The lowest BCUT2D eigenvalue weighted by Gasteiger charge is -2.16. The number of ether oxygens (including phenoxy) is 1. The van der Waals surface area contributed by atoms with Crippen molar-refractivity contribution in [3.05, 3.63) is 0 Å². The van der Waals surface area contributed by atoms with Gasteiger partial charge in [-0.15, -0.1) is 0 Å². The Bertz CT molecular complexity index is 188. The van der Waals surface area contributed by atoms with E-state index < -0.39 is 20.0 Å². The summed E-state index contributed by atoms with van der Waals surface area (Å²) in [6.07, 6.45) is -0.912. The summed E-state index contributed by atoms with van der Waals surface area (Å²) >= 11 is 0. The van der Waals surface area contributed by atoms with Crippen LogP contribution in [0.3, 0.4) is 0 Å². The van der Waals surface area contributed by atoms with Gasteiger partial charge in [0.2, 0.25) is 0 Å². The zero-order valence-corrected chi connectivity index (χ0v) is 7.18. The Morgan fingerprint density at radius 1 is 1.58 bits per heavy atom. The fourth-order valence-corrected chi connectivity index (χ4v) is 1.69. The first-order chi connectivity index (χ1) is 5.53. The fraction of sp³-hybridized carbons (Fsp3) is 1.00. The lowest BCUT2D eigenvalue weighted by Crippen LogP contribution is -2.26. The molecular weight excluding hydrogens is 187 g/mol. The van der Waals surface area contributed by atoms with Crippen LogP contribution in [0.15, 0.2) is 0 Å². The zero-order valence-electron chi connectivity index (χ0n) is 6.29. The molecule has 0 saturated carbocycles. The number of phosphoric acid groups is 1. The third-order valence-corrected chi connectivity index (χ3v) is 2.15. The molecule has 72 valence electrons. The van der Waals surface area contributed by atoms with Crippen LogP contribution in [0.2, 0.25) is 0 Å². The van der Waals surface area contributed by atoms with E-state index in [-0.39, 0.29) is 6.61 Å². The number of hydrogen-bond acceptors (Lipinski definition) is 4. The van der Waals surface area contributed by atoms with Crippen LogP contribution in [-0.4, -0.2) is 40.3 Å². The molecule has 7 heteroatoms. The van der Waals surface area contributed by atoms with Gasteiger partial charge in [-0.2, -0.15) is 0 Å². The van der Waals surface area contributed by atoms with E-state index in [2.05, 4.69) is 4.52 Å². The summed E-state index contributed by atoms with van der Waals surface area (Å²) in [4.78, 5) is 16.9. The highest BCUT2D eigenvalue weighted by Crippen LogP contribution is 2.40. The number of aliphatic hydroxyl groups is 1. The topological polar surface area (TPSA) is 96.2 Å².